The summed E-state index contributed by atoms with van der Waals surface area (Å²) in [6, 6.07) is 13.6. The van der Waals surface area contributed by atoms with E-state index in [1.807, 2.05) is 42.5 Å². The van der Waals surface area contributed by atoms with Crippen LogP contribution in [0.2, 0.25) is 0 Å². The van der Waals surface area contributed by atoms with Gasteiger partial charge in [0.05, 0.1) is 11.0 Å². The zero-order valence-electron chi connectivity index (χ0n) is 18.3. The second kappa shape index (κ2) is 9.15. The monoisotopic (exact) mass is 430 g/mol. The minimum absolute atomic E-state index is 0.124. The Morgan fingerprint density at radius 3 is 1.97 bits per heavy atom. The van der Waals surface area contributed by atoms with E-state index in [2.05, 4.69) is 15.6 Å². The van der Waals surface area contributed by atoms with Gasteiger partial charge < -0.3 is 15.6 Å². The lowest BCUT2D eigenvalue weighted by molar-refractivity contribution is -0.121. The van der Waals surface area contributed by atoms with Crippen LogP contribution < -0.4 is 10.6 Å². The first-order chi connectivity index (χ1) is 15.7. The lowest BCUT2D eigenvalue weighted by Gasteiger charge is -2.20. The highest BCUT2D eigenvalue weighted by molar-refractivity contribution is 5.95. The zero-order chi connectivity index (χ0) is 21.9. The minimum atomic E-state index is 0.124. The number of anilines is 2. The van der Waals surface area contributed by atoms with Gasteiger partial charge in [0.25, 0.3) is 0 Å². The summed E-state index contributed by atoms with van der Waals surface area (Å²) in [5.74, 6) is 1.30. The van der Waals surface area contributed by atoms with Gasteiger partial charge in [-0.15, -0.1) is 0 Å². The minimum Gasteiger partial charge on any atom is -0.338 e. The fraction of sp³-hybridized carbons (Fsp3) is 0.423. The first-order valence-corrected chi connectivity index (χ1v) is 11.9. The molecule has 3 N–H and O–H groups in total. The first kappa shape index (κ1) is 20.7. The first-order valence-electron chi connectivity index (χ1n) is 11.9. The van der Waals surface area contributed by atoms with Gasteiger partial charge in [0, 0.05) is 28.8 Å². The quantitative estimate of drug-likeness (QED) is 0.472. The lowest BCUT2D eigenvalue weighted by atomic mass is 9.88. The van der Waals surface area contributed by atoms with Crippen molar-refractivity contribution in [1.29, 1.82) is 0 Å². The molecule has 6 nitrogen and oxygen atoms in total. The Kier molecular flexibility index (Phi) is 5.93. The summed E-state index contributed by atoms with van der Waals surface area (Å²) in [6.45, 7) is 0. The van der Waals surface area contributed by atoms with Crippen LogP contribution in [-0.2, 0) is 9.59 Å². The molecule has 0 bridgehead atoms. The molecule has 0 aliphatic heterocycles. The molecule has 0 saturated heterocycles. The summed E-state index contributed by atoms with van der Waals surface area (Å²) in [5.41, 5.74) is 4.31. The van der Waals surface area contributed by atoms with Crippen LogP contribution in [0.3, 0.4) is 0 Å². The van der Waals surface area contributed by atoms with E-state index in [4.69, 9.17) is 4.98 Å². The van der Waals surface area contributed by atoms with Gasteiger partial charge >= 0.3 is 0 Å². The van der Waals surface area contributed by atoms with Crippen LogP contribution in [0.4, 0.5) is 11.4 Å². The standard InChI is InChI=1S/C26H30N4O2/c31-25(19-8-4-5-9-19)27-20-12-10-17(11-13-20)24-29-22-15-14-21(16-23(22)30-24)28-26(32)18-6-2-1-3-7-18/h10-16,18-19H,1-9H2,(H,27,31)(H,28,32)(H,29,30). The molecule has 5 rings (SSSR count). The normalized spacial score (nSPS) is 17.5. The Bertz CT molecular complexity index is 1110. The summed E-state index contributed by atoms with van der Waals surface area (Å²) in [7, 11) is 0. The number of nitrogens with one attached hydrogen (secondary N) is 3. The van der Waals surface area contributed by atoms with Gasteiger partial charge in [-0.25, -0.2) is 4.98 Å². The highest BCUT2D eigenvalue weighted by Gasteiger charge is 2.23. The molecule has 32 heavy (non-hydrogen) atoms. The van der Waals surface area contributed by atoms with Crippen molar-refractivity contribution in [2.24, 2.45) is 11.8 Å². The third kappa shape index (κ3) is 4.54. The molecule has 2 amide bonds. The van der Waals surface area contributed by atoms with Crippen LogP contribution in [0.15, 0.2) is 42.5 Å². The van der Waals surface area contributed by atoms with Crippen molar-refractivity contribution in [1.82, 2.24) is 9.97 Å². The van der Waals surface area contributed by atoms with Crippen molar-refractivity contribution in [2.75, 3.05) is 10.6 Å². The van der Waals surface area contributed by atoms with Crippen LogP contribution in [-0.4, -0.2) is 21.8 Å². The van der Waals surface area contributed by atoms with Gasteiger partial charge in [0.2, 0.25) is 11.8 Å². The van der Waals surface area contributed by atoms with Crippen molar-refractivity contribution >= 4 is 34.2 Å². The SMILES string of the molecule is O=C(Nc1ccc2nc(-c3ccc(NC(=O)C4CCCC4)cc3)[nH]c2c1)C1CCCCC1. The van der Waals surface area contributed by atoms with Gasteiger partial charge in [-0.2, -0.15) is 0 Å². The number of imidazole rings is 1. The molecule has 2 aliphatic rings. The lowest BCUT2D eigenvalue weighted by Crippen LogP contribution is -2.24. The summed E-state index contributed by atoms with van der Waals surface area (Å²) >= 11 is 0. The predicted octanol–water partition coefficient (Wildman–Crippen LogP) is 5.88. The van der Waals surface area contributed by atoms with E-state index in [1.165, 1.54) is 6.42 Å². The highest BCUT2D eigenvalue weighted by atomic mass is 16.2. The van der Waals surface area contributed by atoms with Crippen LogP contribution >= 0.6 is 0 Å². The van der Waals surface area contributed by atoms with Crippen molar-refractivity contribution in [3.63, 3.8) is 0 Å². The third-order valence-corrected chi connectivity index (χ3v) is 6.88. The number of nitrogens with zero attached hydrogens (tertiary/aromatic N) is 1. The van der Waals surface area contributed by atoms with E-state index in [0.717, 1.165) is 85.2 Å². The number of fused-ring (bicyclic) bond motifs is 1. The molecule has 3 aromatic rings. The number of aromatic amines is 1. The molecule has 166 valence electrons. The van der Waals surface area contributed by atoms with Gasteiger partial charge in [-0.05, 0) is 68.1 Å². The molecule has 2 aliphatic carbocycles. The molecule has 2 fully saturated rings. The smallest absolute Gasteiger partial charge is 0.227 e. The van der Waals surface area contributed by atoms with Gasteiger partial charge in [0.15, 0.2) is 0 Å². The van der Waals surface area contributed by atoms with Crippen molar-refractivity contribution < 1.29 is 9.59 Å². The summed E-state index contributed by atoms with van der Waals surface area (Å²) in [5, 5.41) is 6.11. The summed E-state index contributed by atoms with van der Waals surface area (Å²) in [4.78, 5) is 32.9. The number of carbonyl (C=O) groups excluding carboxylic acids is 2. The van der Waals surface area contributed by atoms with E-state index in [1.54, 1.807) is 0 Å². The maximum absolute atomic E-state index is 12.6. The number of benzene rings is 2. The second-order valence-corrected chi connectivity index (χ2v) is 9.19. The third-order valence-electron chi connectivity index (χ3n) is 6.88. The summed E-state index contributed by atoms with van der Waals surface area (Å²) in [6.07, 6.45) is 9.77. The fourth-order valence-corrected chi connectivity index (χ4v) is 4.98. The van der Waals surface area contributed by atoms with Crippen LogP contribution in [0, 0.1) is 11.8 Å². The fourth-order valence-electron chi connectivity index (χ4n) is 4.98. The zero-order valence-corrected chi connectivity index (χ0v) is 18.3. The van der Waals surface area contributed by atoms with E-state index in [9.17, 15) is 9.59 Å². The molecule has 1 heterocycles. The van der Waals surface area contributed by atoms with Crippen LogP contribution in [0.5, 0.6) is 0 Å². The molecule has 2 aromatic carbocycles. The number of carbonyl (C=O) groups is 2. The average molecular weight is 431 g/mol. The van der Waals surface area contributed by atoms with E-state index >= 15 is 0 Å². The molecule has 6 heteroatoms. The molecule has 1 aromatic heterocycles. The van der Waals surface area contributed by atoms with E-state index < -0.39 is 0 Å². The molecule has 0 unspecified atom stereocenters. The number of amides is 2. The Balaban J connectivity index is 1.27. The van der Waals surface area contributed by atoms with Gasteiger partial charge in [-0.1, -0.05) is 32.1 Å². The Hall–Kier alpha value is -3.15. The largest absolute Gasteiger partial charge is 0.338 e. The van der Waals surface area contributed by atoms with Crippen LogP contribution in [0.25, 0.3) is 22.4 Å². The summed E-state index contributed by atoms with van der Waals surface area (Å²) < 4.78 is 0. The molecule has 2 saturated carbocycles. The topological polar surface area (TPSA) is 86.9 Å². The Morgan fingerprint density at radius 2 is 1.31 bits per heavy atom. The van der Waals surface area contributed by atoms with E-state index in [-0.39, 0.29) is 23.7 Å². The van der Waals surface area contributed by atoms with Gasteiger partial charge in [-0.3, -0.25) is 9.59 Å². The van der Waals surface area contributed by atoms with Crippen molar-refractivity contribution in [2.45, 2.75) is 57.8 Å². The number of hydrogen-bond donors (Lipinski definition) is 3. The Labute approximate surface area is 188 Å². The van der Waals surface area contributed by atoms with Crippen LogP contribution in [0.1, 0.15) is 57.8 Å². The second-order valence-electron chi connectivity index (χ2n) is 9.19. The van der Waals surface area contributed by atoms with Crippen molar-refractivity contribution in [3.05, 3.63) is 42.5 Å². The van der Waals surface area contributed by atoms with Crippen molar-refractivity contribution in [3.8, 4) is 11.4 Å². The van der Waals surface area contributed by atoms with Gasteiger partial charge in [0.1, 0.15) is 5.82 Å². The average Bonchev–Trinajstić information content (AvgIpc) is 3.50. The molecule has 0 radical (unpaired) electrons. The Morgan fingerprint density at radius 1 is 0.750 bits per heavy atom. The maximum Gasteiger partial charge on any atom is 0.227 e. The number of aromatic nitrogens is 2. The molecular formula is C26H30N4O2. The highest BCUT2D eigenvalue weighted by Crippen LogP contribution is 2.28. The van der Waals surface area contributed by atoms with E-state index in [0.29, 0.717) is 0 Å². The molecular weight excluding hydrogens is 400 g/mol. The molecule has 0 spiro atoms. The maximum atomic E-state index is 12.6. The molecule has 0 atom stereocenters. The number of rotatable bonds is 5. The number of H-pyrrole nitrogens is 1. The predicted molar refractivity (Wildman–Crippen MR) is 127 cm³/mol. The number of hydrogen-bond acceptors (Lipinski definition) is 3.